The Morgan fingerprint density at radius 2 is 1.85 bits per heavy atom. The third-order valence-electron chi connectivity index (χ3n) is 3.92. The largest absolute Gasteiger partial charge is 0.493 e. The Hall–Kier alpha value is -1.35. The van der Waals surface area contributed by atoms with Crippen molar-refractivity contribution < 1.29 is 9.13 Å². The summed E-state index contributed by atoms with van der Waals surface area (Å²) in [6.45, 7) is 4.58. The monoisotopic (exact) mass is 334 g/mol. The molecule has 104 valence electrons. The summed E-state index contributed by atoms with van der Waals surface area (Å²) < 4.78 is 19.2. The van der Waals surface area contributed by atoms with Gasteiger partial charge in [0.2, 0.25) is 0 Å². The third kappa shape index (κ3) is 2.24. The van der Waals surface area contributed by atoms with Crippen molar-refractivity contribution in [2.24, 2.45) is 0 Å². The lowest BCUT2D eigenvalue weighted by atomic mass is 9.89. The SMILES string of the molecule is Cc1cc(F)cc(C)c1C(Br)C1COc2ccccc21. The van der Waals surface area contributed by atoms with Crippen LogP contribution in [0, 0.1) is 19.7 Å². The van der Waals surface area contributed by atoms with Crippen molar-refractivity contribution in [2.45, 2.75) is 24.6 Å². The molecule has 1 aliphatic rings. The summed E-state index contributed by atoms with van der Waals surface area (Å²) in [4.78, 5) is 0.131. The van der Waals surface area contributed by atoms with Crippen molar-refractivity contribution in [3.63, 3.8) is 0 Å². The predicted molar refractivity (Wildman–Crippen MR) is 82.2 cm³/mol. The average Bonchev–Trinajstić information content (AvgIpc) is 2.81. The van der Waals surface area contributed by atoms with Crippen molar-refractivity contribution in [1.82, 2.24) is 0 Å². The van der Waals surface area contributed by atoms with E-state index in [1.54, 1.807) is 12.1 Å². The molecule has 3 heteroatoms. The van der Waals surface area contributed by atoms with E-state index >= 15 is 0 Å². The molecular weight excluding hydrogens is 319 g/mol. The molecule has 2 aromatic carbocycles. The second-order valence-electron chi connectivity index (χ2n) is 5.31. The van der Waals surface area contributed by atoms with Gasteiger partial charge in [-0.25, -0.2) is 4.39 Å². The van der Waals surface area contributed by atoms with Gasteiger partial charge in [-0.1, -0.05) is 34.1 Å². The third-order valence-corrected chi connectivity index (χ3v) is 5.02. The Balaban J connectivity index is 2.01. The van der Waals surface area contributed by atoms with Crippen LogP contribution in [0.15, 0.2) is 36.4 Å². The van der Waals surface area contributed by atoms with Gasteiger partial charge in [0.25, 0.3) is 0 Å². The van der Waals surface area contributed by atoms with E-state index in [1.165, 1.54) is 5.56 Å². The molecule has 3 rings (SSSR count). The summed E-state index contributed by atoms with van der Waals surface area (Å²) >= 11 is 3.81. The van der Waals surface area contributed by atoms with Gasteiger partial charge in [-0.15, -0.1) is 0 Å². The zero-order valence-electron chi connectivity index (χ0n) is 11.5. The molecule has 1 aliphatic heterocycles. The Morgan fingerprint density at radius 1 is 1.20 bits per heavy atom. The van der Waals surface area contributed by atoms with E-state index in [1.807, 2.05) is 32.0 Å². The van der Waals surface area contributed by atoms with Crippen molar-refractivity contribution in [3.05, 3.63) is 64.5 Å². The Labute approximate surface area is 126 Å². The molecule has 0 radical (unpaired) electrons. The van der Waals surface area contributed by atoms with Gasteiger partial charge in [0.15, 0.2) is 0 Å². The number of rotatable bonds is 2. The number of fused-ring (bicyclic) bond motifs is 1. The lowest BCUT2D eigenvalue weighted by Crippen LogP contribution is -2.10. The zero-order chi connectivity index (χ0) is 14.3. The molecule has 2 unspecified atom stereocenters. The van der Waals surface area contributed by atoms with Gasteiger partial charge in [-0.2, -0.15) is 0 Å². The van der Waals surface area contributed by atoms with Crippen LogP contribution in [0.1, 0.15) is 33.0 Å². The van der Waals surface area contributed by atoms with Gasteiger partial charge in [0, 0.05) is 11.5 Å². The van der Waals surface area contributed by atoms with Crippen LogP contribution in [0.3, 0.4) is 0 Å². The number of para-hydroxylation sites is 1. The highest BCUT2D eigenvalue weighted by Gasteiger charge is 2.32. The van der Waals surface area contributed by atoms with Crippen LogP contribution in [-0.4, -0.2) is 6.61 Å². The molecule has 20 heavy (non-hydrogen) atoms. The molecule has 1 heterocycles. The Bertz CT molecular complexity index is 630. The number of ether oxygens (including phenoxy) is 1. The van der Waals surface area contributed by atoms with Gasteiger partial charge in [-0.3, -0.25) is 0 Å². The first-order valence-corrected chi connectivity index (χ1v) is 7.62. The van der Waals surface area contributed by atoms with Gasteiger partial charge in [-0.05, 0) is 48.7 Å². The van der Waals surface area contributed by atoms with Crippen LogP contribution in [0.4, 0.5) is 4.39 Å². The number of halogens is 2. The number of hydrogen-bond acceptors (Lipinski definition) is 1. The molecule has 2 aromatic rings. The molecule has 0 aromatic heterocycles. The summed E-state index contributed by atoms with van der Waals surface area (Å²) in [5, 5.41) is 0. The van der Waals surface area contributed by atoms with Crippen LogP contribution in [0.5, 0.6) is 5.75 Å². The molecule has 0 bridgehead atoms. The molecule has 0 spiro atoms. The average molecular weight is 335 g/mol. The van der Waals surface area contributed by atoms with E-state index in [-0.39, 0.29) is 16.6 Å². The summed E-state index contributed by atoms with van der Waals surface area (Å²) in [5.41, 5.74) is 4.34. The Morgan fingerprint density at radius 3 is 2.55 bits per heavy atom. The van der Waals surface area contributed by atoms with E-state index < -0.39 is 0 Å². The highest BCUT2D eigenvalue weighted by molar-refractivity contribution is 9.09. The molecular formula is C17H16BrFO. The van der Waals surface area contributed by atoms with Gasteiger partial charge in [0.1, 0.15) is 11.6 Å². The van der Waals surface area contributed by atoms with Gasteiger partial charge in [0.05, 0.1) is 11.4 Å². The van der Waals surface area contributed by atoms with Crippen molar-refractivity contribution in [2.75, 3.05) is 6.61 Å². The van der Waals surface area contributed by atoms with Crippen molar-refractivity contribution >= 4 is 15.9 Å². The van der Waals surface area contributed by atoms with Crippen LogP contribution >= 0.6 is 15.9 Å². The van der Waals surface area contributed by atoms with Crippen molar-refractivity contribution in [3.8, 4) is 5.75 Å². The molecule has 0 amide bonds. The van der Waals surface area contributed by atoms with Crippen LogP contribution in [-0.2, 0) is 0 Å². The first kappa shape index (κ1) is 13.6. The topological polar surface area (TPSA) is 9.23 Å². The lowest BCUT2D eigenvalue weighted by molar-refractivity contribution is 0.329. The van der Waals surface area contributed by atoms with Crippen LogP contribution in [0.25, 0.3) is 0 Å². The molecule has 0 saturated carbocycles. The minimum Gasteiger partial charge on any atom is -0.493 e. The minimum absolute atomic E-state index is 0.131. The van der Waals surface area contributed by atoms with Crippen LogP contribution in [0.2, 0.25) is 0 Å². The van der Waals surface area contributed by atoms with E-state index in [2.05, 4.69) is 22.0 Å². The fourth-order valence-electron chi connectivity index (χ4n) is 2.99. The first-order valence-electron chi connectivity index (χ1n) is 6.70. The standard InChI is InChI=1S/C17H16BrFO/c1-10-7-12(19)8-11(2)16(10)17(18)14-9-20-15-6-4-3-5-13(14)15/h3-8,14,17H,9H2,1-2H3. The van der Waals surface area contributed by atoms with Gasteiger partial charge < -0.3 is 4.74 Å². The second kappa shape index (κ2) is 5.21. The van der Waals surface area contributed by atoms with Crippen molar-refractivity contribution in [1.29, 1.82) is 0 Å². The summed E-state index contributed by atoms with van der Waals surface area (Å²) in [7, 11) is 0. The maximum atomic E-state index is 13.4. The van der Waals surface area contributed by atoms with E-state index in [4.69, 9.17) is 4.74 Å². The summed E-state index contributed by atoms with van der Waals surface area (Å²) in [6.07, 6.45) is 0. The zero-order valence-corrected chi connectivity index (χ0v) is 13.1. The molecule has 0 aliphatic carbocycles. The maximum absolute atomic E-state index is 13.4. The predicted octanol–water partition coefficient (Wildman–Crippen LogP) is 5.05. The van der Waals surface area contributed by atoms with E-state index in [0.717, 1.165) is 22.4 Å². The lowest BCUT2D eigenvalue weighted by Gasteiger charge is -2.21. The fourth-order valence-corrected chi connectivity index (χ4v) is 4.15. The molecule has 1 nitrogen and oxygen atoms in total. The fraction of sp³-hybridized carbons (Fsp3) is 0.294. The summed E-state index contributed by atoms with van der Waals surface area (Å²) in [6, 6.07) is 11.3. The molecule has 2 atom stereocenters. The first-order chi connectivity index (χ1) is 9.58. The smallest absolute Gasteiger partial charge is 0.123 e. The quantitative estimate of drug-likeness (QED) is 0.698. The number of hydrogen-bond donors (Lipinski definition) is 0. The second-order valence-corrected chi connectivity index (χ2v) is 6.30. The van der Waals surface area contributed by atoms with Crippen LogP contribution < -0.4 is 4.74 Å². The minimum atomic E-state index is -0.175. The maximum Gasteiger partial charge on any atom is 0.123 e. The summed E-state index contributed by atoms with van der Waals surface area (Å²) in [5.74, 6) is 1.04. The number of alkyl halides is 1. The molecule has 0 saturated heterocycles. The Kier molecular flexibility index (Phi) is 3.55. The normalized spacial score (nSPS) is 18.5. The molecule has 0 fully saturated rings. The van der Waals surface area contributed by atoms with E-state index in [0.29, 0.717) is 6.61 Å². The highest BCUT2D eigenvalue weighted by Crippen LogP contribution is 2.46. The molecule has 0 N–H and O–H groups in total. The van der Waals surface area contributed by atoms with Gasteiger partial charge >= 0.3 is 0 Å². The number of benzene rings is 2. The highest BCUT2D eigenvalue weighted by atomic mass is 79.9. The number of aryl methyl sites for hydroxylation is 2. The van der Waals surface area contributed by atoms with E-state index in [9.17, 15) is 4.39 Å².